The largest absolute Gasteiger partial charge is 0.460 e. The van der Waals surface area contributed by atoms with Crippen molar-refractivity contribution in [3.8, 4) is 11.5 Å². The number of aryl methyl sites for hydroxylation is 2. The number of hydrogen-bond acceptors (Lipinski definition) is 7. The minimum atomic E-state index is -0.676. The first-order valence-corrected chi connectivity index (χ1v) is 11.4. The van der Waals surface area contributed by atoms with Gasteiger partial charge in [-0.1, -0.05) is 0 Å². The first-order chi connectivity index (χ1) is 15.5. The summed E-state index contributed by atoms with van der Waals surface area (Å²) >= 11 is 0. The van der Waals surface area contributed by atoms with Gasteiger partial charge in [0, 0.05) is 13.1 Å². The van der Waals surface area contributed by atoms with Crippen LogP contribution in [0.15, 0.2) is 21.7 Å². The van der Waals surface area contributed by atoms with Crippen LogP contribution >= 0.6 is 0 Å². The van der Waals surface area contributed by atoms with E-state index in [4.69, 9.17) is 4.74 Å². The molecule has 3 aliphatic rings. The molecule has 0 saturated carbocycles. The lowest BCUT2D eigenvalue weighted by atomic mass is 9.96. The molecule has 0 amide bonds. The Kier molecular flexibility index (Phi) is 6.09. The van der Waals surface area contributed by atoms with Crippen molar-refractivity contribution in [2.45, 2.75) is 59.6 Å². The van der Waals surface area contributed by atoms with Crippen LogP contribution in [0.3, 0.4) is 0 Å². The van der Waals surface area contributed by atoms with Crippen molar-refractivity contribution < 1.29 is 9.53 Å². The van der Waals surface area contributed by atoms with Crippen LogP contribution < -0.4 is 11.2 Å². The predicted octanol–water partition coefficient (Wildman–Crippen LogP) is 2.26. The van der Waals surface area contributed by atoms with Gasteiger partial charge in [0.2, 0.25) is 0 Å². The molecule has 0 radical (unpaired) electrons. The summed E-state index contributed by atoms with van der Waals surface area (Å²) in [4.78, 5) is 49.9. The Hall–Kier alpha value is -3.07. The van der Waals surface area contributed by atoms with Crippen molar-refractivity contribution in [2.24, 2.45) is 5.92 Å². The fourth-order valence-corrected chi connectivity index (χ4v) is 4.30. The summed E-state index contributed by atoms with van der Waals surface area (Å²) in [5.74, 6) is 0.0904. The average molecular weight is 454 g/mol. The summed E-state index contributed by atoms with van der Waals surface area (Å²) in [6.07, 6.45) is 1.50. The number of likely N-dealkylation sites (tertiary alicyclic amines) is 1. The van der Waals surface area contributed by atoms with Crippen LogP contribution in [0.5, 0.6) is 0 Å². The molecule has 1 aromatic rings. The molecular weight excluding hydrogens is 422 g/mol. The van der Waals surface area contributed by atoms with Gasteiger partial charge in [0.05, 0.1) is 17.0 Å². The molecule has 9 heteroatoms. The minimum absolute atomic E-state index is 0.0791. The van der Waals surface area contributed by atoms with E-state index in [0.717, 1.165) is 42.6 Å². The van der Waals surface area contributed by atoms with E-state index in [0.29, 0.717) is 24.4 Å². The van der Waals surface area contributed by atoms with Gasteiger partial charge in [0.15, 0.2) is 11.5 Å². The van der Waals surface area contributed by atoms with Crippen LogP contribution in [0.2, 0.25) is 0 Å². The Labute approximate surface area is 192 Å². The average Bonchev–Trinajstić information content (AvgIpc) is 2.72. The SMILES string of the molecule is Cc1cc2nc3c(=O)[nH]c(=O)nc-3n(CCN3CCC(C(=O)OC(C)(C)C)CC3)c2cc1C. The van der Waals surface area contributed by atoms with Crippen molar-refractivity contribution in [3.63, 3.8) is 0 Å². The Bertz CT molecular complexity index is 1280. The zero-order valence-electron chi connectivity index (χ0n) is 19.9. The van der Waals surface area contributed by atoms with Gasteiger partial charge in [0.25, 0.3) is 5.56 Å². The molecule has 0 bridgehead atoms. The number of nitrogens with one attached hydrogen (secondary N) is 1. The molecule has 0 unspecified atom stereocenters. The lowest BCUT2D eigenvalue weighted by Gasteiger charge is -2.32. The number of hydrogen-bond donors (Lipinski definition) is 1. The third-order valence-corrected chi connectivity index (χ3v) is 6.19. The van der Waals surface area contributed by atoms with Crippen molar-refractivity contribution in [1.82, 2.24) is 24.4 Å². The number of esters is 1. The maximum atomic E-state index is 12.4. The normalized spacial score (nSPS) is 15.9. The predicted molar refractivity (Wildman–Crippen MR) is 126 cm³/mol. The van der Waals surface area contributed by atoms with E-state index in [1.165, 1.54) is 0 Å². The molecule has 9 nitrogen and oxygen atoms in total. The molecule has 0 spiro atoms. The fourth-order valence-electron chi connectivity index (χ4n) is 4.30. The molecule has 0 aromatic heterocycles. The van der Waals surface area contributed by atoms with E-state index >= 15 is 0 Å². The second-order valence-electron chi connectivity index (χ2n) is 9.88. The van der Waals surface area contributed by atoms with E-state index in [2.05, 4.69) is 19.9 Å². The van der Waals surface area contributed by atoms with Gasteiger partial charge in [-0.3, -0.25) is 14.6 Å². The summed E-state index contributed by atoms with van der Waals surface area (Å²) in [6.45, 7) is 12.5. The van der Waals surface area contributed by atoms with Crippen LogP contribution in [-0.4, -0.2) is 55.6 Å². The highest BCUT2D eigenvalue weighted by atomic mass is 16.6. The van der Waals surface area contributed by atoms with Gasteiger partial charge < -0.3 is 14.2 Å². The van der Waals surface area contributed by atoms with Gasteiger partial charge in [-0.2, -0.15) is 4.98 Å². The van der Waals surface area contributed by atoms with Crippen molar-refractivity contribution >= 4 is 17.0 Å². The highest BCUT2D eigenvalue weighted by Crippen LogP contribution is 2.25. The maximum absolute atomic E-state index is 12.4. The summed E-state index contributed by atoms with van der Waals surface area (Å²) < 4.78 is 7.46. The molecule has 33 heavy (non-hydrogen) atoms. The van der Waals surface area contributed by atoms with Gasteiger partial charge >= 0.3 is 11.7 Å². The van der Waals surface area contributed by atoms with E-state index in [1.807, 2.05) is 51.3 Å². The molecule has 3 aliphatic heterocycles. The molecule has 0 atom stereocenters. The second-order valence-corrected chi connectivity index (χ2v) is 9.88. The van der Waals surface area contributed by atoms with E-state index < -0.39 is 16.9 Å². The molecule has 1 N–H and O–H groups in total. The lowest BCUT2D eigenvalue weighted by Crippen LogP contribution is -2.40. The van der Waals surface area contributed by atoms with Crippen LogP contribution in [0.4, 0.5) is 0 Å². The molecule has 4 rings (SSSR count). The molecule has 1 aromatic carbocycles. The molecular formula is C24H31N5O4. The third kappa shape index (κ3) is 4.98. The number of ether oxygens (including phenoxy) is 1. The number of rotatable bonds is 4. The Morgan fingerprint density at radius 2 is 1.76 bits per heavy atom. The van der Waals surface area contributed by atoms with Crippen LogP contribution in [-0.2, 0) is 16.1 Å². The smallest absolute Gasteiger partial charge is 0.349 e. The van der Waals surface area contributed by atoms with Crippen LogP contribution in [0, 0.1) is 19.8 Å². The number of aromatic nitrogens is 4. The molecule has 0 aliphatic carbocycles. The maximum Gasteiger partial charge on any atom is 0.349 e. The minimum Gasteiger partial charge on any atom is -0.460 e. The lowest BCUT2D eigenvalue weighted by molar-refractivity contribution is -0.161. The second kappa shape index (κ2) is 8.70. The van der Waals surface area contributed by atoms with Gasteiger partial charge in [-0.15, -0.1) is 0 Å². The molecule has 176 valence electrons. The summed E-state index contributed by atoms with van der Waals surface area (Å²) in [5.41, 5.74) is 2.19. The first-order valence-electron chi connectivity index (χ1n) is 11.4. The standard InChI is InChI=1S/C24H31N5O4/c1-14-12-17-18(13-15(14)2)29(20-19(25-17)21(30)27-23(32)26-20)11-10-28-8-6-16(7-9-28)22(31)33-24(3,4)5/h12-13,16H,6-11H2,1-5H3,(H,27,30,32). The summed E-state index contributed by atoms with van der Waals surface area (Å²) in [7, 11) is 0. The number of aromatic amines is 1. The zero-order valence-corrected chi connectivity index (χ0v) is 19.9. The number of H-pyrrole nitrogens is 1. The topological polar surface area (TPSA) is 110 Å². The van der Waals surface area contributed by atoms with Gasteiger partial charge in [0.1, 0.15) is 5.60 Å². The monoisotopic (exact) mass is 453 g/mol. The van der Waals surface area contributed by atoms with E-state index in [-0.39, 0.29) is 17.6 Å². The number of carbonyl (C=O) groups is 1. The quantitative estimate of drug-likeness (QED) is 0.476. The summed E-state index contributed by atoms with van der Waals surface area (Å²) in [6, 6.07) is 3.98. The van der Waals surface area contributed by atoms with E-state index in [1.54, 1.807) is 0 Å². The van der Waals surface area contributed by atoms with Crippen molar-refractivity contribution in [3.05, 3.63) is 44.1 Å². The van der Waals surface area contributed by atoms with Crippen molar-refractivity contribution in [1.29, 1.82) is 0 Å². The zero-order chi connectivity index (χ0) is 23.9. The Morgan fingerprint density at radius 1 is 1.09 bits per heavy atom. The number of benzene rings is 1. The molecule has 1 saturated heterocycles. The number of piperidine rings is 1. The Balaban J connectivity index is 1.57. The number of fused-ring (bicyclic) bond motifs is 2. The highest BCUT2D eigenvalue weighted by Gasteiger charge is 2.29. The molecule has 3 heterocycles. The molecule has 1 fully saturated rings. The fraction of sp³-hybridized carbons (Fsp3) is 0.542. The van der Waals surface area contributed by atoms with Gasteiger partial charge in [-0.05, 0) is 83.8 Å². The highest BCUT2D eigenvalue weighted by molar-refractivity contribution is 5.81. The number of carbonyl (C=O) groups excluding carboxylic acids is 1. The number of nitrogens with zero attached hydrogens (tertiary/aromatic N) is 4. The van der Waals surface area contributed by atoms with E-state index in [9.17, 15) is 14.4 Å². The third-order valence-electron chi connectivity index (χ3n) is 6.19. The first kappa shape index (κ1) is 23.1. The van der Waals surface area contributed by atoms with Crippen molar-refractivity contribution in [2.75, 3.05) is 19.6 Å². The van der Waals surface area contributed by atoms with Crippen LogP contribution in [0.1, 0.15) is 44.7 Å². The summed E-state index contributed by atoms with van der Waals surface area (Å²) in [5, 5.41) is 0. The Morgan fingerprint density at radius 3 is 2.42 bits per heavy atom. The van der Waals surface area contributed by atoms with Gasteiger partial charge in [-0.25, -0.2) is 9.78 Å². The van der Waals surface area contributed by atoms with Crippen LogP contribution in [0.25, 0.3) is 22.6 Å².